The van der Waals surface area contributed by atoms with E-state index in [9.17, 15) is 14.4 Å². The lowest BCUT2D eigenvalue weighted by molar-refractivity contribution is -0.145. The topological polar surface area (TPSA) is 77.9 Å². The Hall–Kier alpha value is -2.37. The Balaban J connectivity index is 2.08. The number of hydrogen-bond acceptors (Lipinski definition) is 3. The number of benzene rings is 1. The number of amides is 2. The molecule has 0 spiro atoms. The number of carbonyl (C=O) groups is 3. The zero-order chi connectivity index (χ0) is 19.8. The van der Waals surface area contributed by atoms with Gasteiger partial charge >= 0.3 is 5.97 Å². The van der Waals surface area contributed by atoms with Gasteiger partial charge in [0.15, 0.2) is 0 Å². The van der Waals surface area contributed by atoms with Crippen LogP contribution in [0.1, 0.15) is 57.4 Å². The third kappa shape index (κ3) is 5.81. The molecule has 0 saturated carbocycles. The molecule has 1 heterocycles. The maximum absolute atomic E-state index is 13.2. The van der Waals surface area contributed by atoms with Crippen molar-refractivity contribution in [2.24, 2.45) is 0 Å². The molecule has 1 aromatic rings. The highest BCUT2D eigenvalue weighted by Gasteiger charge is 2.30. The molecule has 1 fully saturated rings. The first-order valence-electron chi connectivity index (χ1n) is 9.76. The van der Waals surface area contributed by atoms with Crippen molar-refractivity contribution in [1.29, 1.82) is 0 Å². The minimum atomic E-state index is -1.01. The molecular weight excluding hydrogens is 344 g/mol. The number of hydrogen-bond donors (Lipinski definition) is 1. The summed E-state index contributed by atoms with van der Waals surface area (Å²) in [6, 6.07) is 9.75. The molecule has 0 aromatic heterocycles. The lowest BCUT2D eigenvalue weighted by atomic mass is 9.93. The summed E-state index contributed by atoms with van der Waals surface area (Å²) in [5, 5.41) is 9.07. The maximum Gasteiger partial charge on any atom is 0.323 e. The van der Waals surface area contributed by atoms with E-state index in [2.05, 4.69) is 6.92 Å². The molecule has 0 bridgehead atoms. The summed E-state index contributed by atoms with van der Waals surface area (Å²) in [6.45, 7) is 4.42. The van der Waals surface area contributed by atoms with E-state index in [0.717, 1.165) is 31.2 Å². The van der Waals surface area contributed by atoms with E-state index < -0.39 is 5.97 Å². The van der Waals surface area contributed by atoms with Crippen LogP contribution in [0.15, 0.2) is 30.3 Å². The van der Waals surface area contributed by atoms with Gasteiger partial charge in [-0.1, -0.05) is 43.7 Å². The Labute approximate surface area is 161 Å². The van der Waals surface area contributed by atoms with Gasteiger partial charge in [0.25, 0.3) is 0 Å². The van der Waals surface area contributed by atoms with E-state index >= 15 is 0 Å². The largest absolute Gasteiger partial charge is 0.480 e. The van der Waals surface area contributed by atoms with E-state index in [4.69, 9.17) is 5.11 Å². The smallest absolute Gasteiger partial charge is 0.323 e. The van der Waals surface area contributed by atoms with Crippen molar-refractivity contribution in [3.05, 3.63) is 35.9 Å². The molecule has 0 radical (unpaired) electrons. The number of carboxylic acids is 1. The zero-order valence-corrected chi connectivity index (χ0v) is 16.3. The molecular formula is C21H30N2O4. The van der Waals surface area contributed by atoms with Gasteiger partial charge in [0.2, 0.25) is 11.8 Å². The molecule has 2 atom stereocenters. The number of likely N-dealkylation sites (tertiary alicyclic amines) is 1. The molecule has 27 heavy (non-hydrogen) atoms. The summed E-state index contributed by atoms with van der Waals surface area (Å²) >= 11 is 0. The average molecular weight is 374 g/mol. The minimum Gasteiger partial charge on any atom is -0.480 e. The second-order valence-corrected chi connectivity index (χ2v) is 7.20. The standard InChI is InChI=1S/C21H30N2O4/c1-3-8-19(17-9-5-4-6-10-17)21(27)22-13-7-11-18(12-14-22)23(16(2)24)15-20(25)26/h4-6,9-10,18-19H,3,7-8,11-15H2,1-2H3,(H,25,26). The first-order chi connectivity index (χ1) is 12.9. The highest BCUT2D eigenvalue weighted by atomic mass is 16.4. The van der Waals surface area contributed by atoms with Gasteiger partial charge in [0.05, 0.1) is 5.92 Å². The molecule has 0 aliphatic carbocycles. The number of carbonyl (C=O) groups excluding carboxylic acids is 2. The van der Waals surface area contributed by atoms with Crippen molar-refractivity contribution >= 4 is 17.8 Å². The van der Waals surface area contributed by atoms with Crippen LogP contribution in [-0.2, 0) is 14.4 Å². The van der Waals surface area contributed by atoms with Crippen LogP contribution >= 0.6 is 0 Å². The molecule has 2 rings (SSSR count). The van der Waals surface area contributed by atoms with Crippen molar-refractivity contribution in [3.63, 3.8) is 0 Å². The summed E-state index contributed by atoms with van der Waals surface area (Å²) in [7, 11) is 0. The van der Waals surface area contributed by atoms with E-state index in [1.807, 2.05) is 35.2 Å². The Bertz CT molecular complexity index is 647. The normalized spacial score (nSPS) is 18.4. The highest BCUT2D eigenvalue weighted by molar-refractivity contribution is 5.84. The number of rotatable bonds is 7. The molecule has 1 aliphatic rings. The SMILES string of the molecule is CCCC(C(=O)N1CCCC(N(CC(=O)O)C(C)=O)CC1)c1ccccc1. The van der Waals surface area contributed by atoms with E-state index in [0.29, 0.717) is 19.5 Å². The molecule has 2 amide bonds. The maximum atomic E-state index is 13.2. The Morgan fingerprint density at radius 3 is 2.48 bits per heavy atom. The fourth-order valence-corrected chi connectivity index (χ4v) is 3.88. The molecule has 1 aliphatic heterocycles. The summed E-state index contributed by atoms with van der Waals surface area (Å²) in [4.78, 5) is 39.4. The first-order valence-corrected chi connectivity index (χ1v) is 9.76. The fourth-order valence-electron chi connectivity index (χ4n) is 3.88. The second-order valence-electron chi connectivity index (χ2n) is 7.20. The van der Waals surface area contributed by atoms with Gasteiger partial charge in [0.1, 0.15) is 6.54 Å². The zero-order valence-electron chi connectivity index (χ0n) is 16.3. The number of carboxylic acid groups (broad SMARTS) is 1. The van der Waals surface area contributed by atoms with Gasteiger partial charge in [-0.25, -0.2) is 0 Å². The summed E-state index contributed by atoms with van der Waals surface area (Å²) in [5.41, 5.74) is 1.04. The summed E-state index contributed by atoms with van der Waals surface area (Å²) in [5.74, 6) is -1.24. The van der Waals surface area contributed by atoms with Gasteiger partial charge in [-0.2, -0.15) is 0 Å². The second kappa shape index (κ2) is 10.1. The molecule has 2 unspecified atom stereocenters. The fraction of sp³-hybridized carbons (Fsp3) is 0.571. The highest BCUT2D eigenvalue weighted by Crippen LogP contribution is 2.26. The molecule has 148 valence electrons. The van der Waals surface area contributed by atoms with Crippen LogP contribution in [0.5, 0.6) is 0 Å². The van der Waals surface area contributed by atoms with Crippen LogP contribution in [0, 0.1) is 0 Å². The van der Waals surface area contributed by atoms with E-state index in [1.165, 1.54) is 11.8 Å². The molecule has 6 nitrogen and oxygen atoms in total. The van der Waals surface area contributed by atoms with Crippen molar-refractivity contribution < 1.29 is 19.5 Å². The molecule has 1 saturated heterocycles. The lowest BCUT2D eigenvalue weighted by Gasteiger charge is -2.29. The van der Waals surface area contributed by atoms with Crippen molar-refractivity contribution in [2.45, 2.75) is 57.9 Å². The summed E-state index contributed by atoms with van der Waals surface area (Å²) < 4.78 is 0. The molecule has 1 N–H and O–H groups in total. The third-order valence-corrected chi connectivity index (χ3v) is 5.24. The predicted octanol–water partition coefficient (Wildman–Crippen LogP) is 2.88. The van der Waals surface area contributed by atoms with Crippen molar-refractivity contribution in [1.82, 2.24) is 9.80 Å². The predicted molar refractivity (Wildman–Crippen MR) is 103 cm³/mol. The first kappa shape index (κ1) is 20.9. The van der Waals surface area contributed by atoms with Crippen LogP contribution in [-0.4, -0.2) is 58.4 Å². The lowest BCUT2D eigenvalue weighted by Crippen LogP contribution is -2.43. The van der Waals surface area contributed by atoms with Crippen LogP contribution in [0.3, 0.4) is 0 Å². The van der Waals surface area contributed by atoms with Crippen molar-refractivity contribution in [3.8, 4) is 0 Å². The van der Waals surface area contributed by atoms with Gasteiger partial charge < -0.3 is 14.9 Å². The average Bonchev–Trinajstić information content (AvgIpc) is 2.90. The van der Waals surface area contributed by atoms with Gasteiger partial charge in [-0.3, -0.25) is 14.4 Å². The number of aliphatic carboxylic acids is 1. The third-order valence-electron chi connectivity index (χ3n) is 5.24. The Morgan fingerprint density at radius 2 is 1.89 bits per heavy atom. The Morgan fingerprint density at radius 1 is 1.19 bits per heavy atom. The van der Waals surface area contributed by atoms with Crippen LogP contribution in [0.25, 0.3) is 0 Å². The minimum absolute atomic E-state index is 0.127. The van der Waals surface area contributed by atoms with Gasteiger partial charge in [-0.05, 0) is 31.2 Å². The molecule has 1 aromatic carbocycles. The number of nitrogens with zero attached hydrogens (tertiary/aromatic N) is 2. The van der Waals surface area contributed by atoms with E-state index in [-0.39, 0.29) is 30.3 Å². The van der Waals surface area contributed by atoms with E-state index in [1.54, 1.807) is 0 Å². The summed E-state index contributed by atoms with van der Waals surface area (Å²) in [6.07, 6.45) is 3.85. The van der Waals surface area contributed by atoms with Gasteiger partial charge in [-0.15, -0.1) is 0 Å². The monoisotopic (exact) mass is 374 g/mol. The molecule has 6 heteroatoms. The van der Waals surface area contributed by atoms with Crippen LogP contribution in [0.2, 0.25) is 0 Å². The van der Waals surface area contributed by atoms with Crippen molar-refractivity contribution in [2.75, 3.05) is 19.6 Å². The van der Waals surface area contributed by atoms with Crippen LogP contribution in [0.4, 0.5) is 0 Å². The Kier molecular flexibility index (Phi) is 7.82. The van der Waals surface area contributed by atoms with Crippen LogP contribution < -0.4 is 0 Å². The quantitative estimate of drug-likeness (QED) is 0.796. The van der Waals surface area contributed by atoms with Gasteiger partial charge in [0, 0.05) is 26.1 Å².